The van der Waals surface area contributed by atoms with Crippen LogP contribution in [-0.4, -0.2) is 78.9 Å². The molecule has 1 fully saturated rings. The lowest BCUT2D eigenvalue weighted by Crippen LogP contribution is -2.40. The minimum absolute atomic E-state index is 0.0731. The van der Waals surface area contributed by atoms with Crippen LogP contribution in [0.3, 0.4) is 0 Å². The van der Waals surface area contributed by atoms with Crippen LogP contribution in [0.4, 0.5) is 5.69 Å². The summed E-state index contributed by atoms with van der Waals surface area (Å²) in [5, 5.41) is 2.90. The number of nitrogens with one attached hydrogen (secondary N) is 1. The molecule has 2 aliphatic heterocycles. The number of hydrogen-bond donors (Lipinski definition) is 1. The fourth-order valence-electron chi connectivity index (χ4n) is 3.86. The molecule has 0 aliphatic carbocycles. The Bertz CT molecular complexity index is 660. The van der Waals surface area contributed by atoms with E-state index in [1.807, 2.05) is 17.0 Å². The van der Waals surface area contributed by atoms with Gasteiger partial charge < -0.3 is 20.0 Å². The normalized spacial score (nSPS) is 19.6. The number of likely N-dealkylation sites (N-methyl/N-ethyl adjacent to an activating group) is 2. The second-order valence-corrected chi connectivity index (χ2v) is 7.47. The highest BCUT2D eigenvalue weighted by atomic mass is 16.2. The molecule has 2 amide bonds. The number of carbonyl (C=O) groups is 2. The molecule has 2 heterocycles. The van der Waals surface area contributed by atoms with Crippen molar-refractivity contribution < 1.29 is 9.59 Å². The molecule has 0 bridgehead atoms. The maximum Gasteiger partial charge on any atom is 0.227 e. The van der Waals surface area contributed by atoms with Gasteiger partial charge in [-0.25, -0.2) is 0 Å². The lowest BCUT2D eigenvalue weighted by molar-refractivity contribution is -0.130. The van der Waals surface area contributed by atoms with Crippen LogP contribution in [0.2, 0.25) is 0 Å². The summed E-state index contributed by atoms with van der Waals surface area (Å²) in [6.07, 6.45) is 1.71. The minimum Gasteiger partial charge on any atom is -0.340 e. The Hall–Kier alpha value is -1.92. The summed E-state index contributed by atoms with van der Waals surface area (Å²) in [6.45, 7) is 12.0. The summed E-state index contributed by atoms with van der Waals surface area (Å²) in [6, 6.07) is 5.99. The first-order chi connectivity index (χ1) is 13.1. The molecule has 6 heteroatoms. The van der Waals surface area contributed by atoms with Crippen molar-refractivity contribution in [2.24, 2.45) is 0 Å². The zero-order valence-corrected chi connectivity index (χ0v) is 16.7. The van der Waals surface area contributed by atoms with Crippen molar-refractivity contribution in [1.82, 2.24) is 14.7 Å². The molecule has 1 aromatic carbocycles. The van der Waals surface area contributed by atoms with E-state index in [4.69, 9.17) is 0 Å². The average molecular weight is 373 g/mol. The molecule has 0 spiro atoms. The largest absolute Gasteiger partial charge is 0.340 e. The molecule has 148 valence electrons. The molecule has 1 aromatic rings. The maximum absolute atomic E-state index is 13.0. The number of nitrogens with zero attached hydrogens (tertiary/aromatic N) is 3. The zero-order valence-electron chi connectivity index (χ0n) is 16.7. The van der Waals surface area contributed by atoms with Gasteiger partial charge in [0.25, 0.3) is 0 Å². The highest BCUT2D eigenvalue weighted by Crippen LogP contribution is 2.24. The molecule has 0 saturated carbocycles. The van der Waals surface area contributed by atoms with Crippen molar-refractivity contribution in [1.29, 1.82) is 0 Å². The third kappa shape index (κ3) is 5.30. The number of benzene rings is 1. The van der Waals surface area contributed by atoms with Crippen LogP contribution in [0.5, 0.6) is 0 Å². The highest BCUT2D eigenvalue weighted by Gasteiger charge is 2.20. The molecule has 1 N–H and O–H groups in total. The number of hydrogen-bond acceptors (Lipinski definition) is 4. The van der Waals surface area contributed by atoms with E-state index in [0.29, 0.717) is 12.8 Å². The Morgan fingerprint density at radius 3 is 2.22 bits per heavy atom. The van der Waals surface area contributed by atoms with Crippen molar-refractivity contribution in [3.63, 3.8) is 0 Å². The quantitative estimate of drug-likeness (QED) is 0.872. The van der Waals surface area contributed by atoms with E-state index in [1.165, 1.54) is 0 Å². The van der Waals surface area contributed by atoms with Gasteiger partial charge in [0.1, 0.15) is 0 Å². The third-order valence-electron chi connectivity index (χ3n) is 5.77. The number of carbonyl (C=O) groups excluding carboxylic acids is 2. The predicted octanol–water partition coefficient (Wildman–Crippen LogP) is 1.60. The van der Waals surface area contributed by atoms with Crippen molar-refractivity contribution in [2.75, 3.05) is 57.7 Å². The zero-order chi connectivity index (χ0) is 19.2. The van der Waals surface area contributed by atoms with Gasteiger partial charge in [-0.3, -0.25) is 9.59 Å². The fourth-order valence-corrected chi connectivity index (χ4v) is 3.86. The number of rotatable bonds is 4. The molecule has 0 atom stereocenters. The first kappa shape index (κ1) is 19.8. The molecule has 0 unspecified atom stereocenters. The summed E-state index contributed by atoms with van der Waals surface area (Å²) in [7, 11) is 0. The van der Waals surface area contributed by atoms with E-state index < -0.39 is 0 Å². The minimum atomic E-state index is 0.0731. The smallest absolute Gasteiger partial charge is 0.227 e. The van der Waals surface area contributed by atoms with Gasteiger partial charge in [0.15, 0.2) is 0 Å². The molecular formula is C21H32N4O2. The van der Waals surface area contributed by atoms with Crippen LogP contribution >= 0.6 is 0 Å². The van der Waals surface area contributed by atoms with E-state index in [0.717, 1.165) is 75.6 Å². The molecule has 2 aliphatic rings. The van der Waals surface area contributed by atoms with Gasteiger partial charge in [0, 0.05) is 51.4 Å². The summed E-state index contributed by atoms with van der Waals surface area (Å²) in [5.41, 5.74) is 3.07. The first-order valence-corrected chi connectivity index (χ1v) is 10.2. The van der Waals surface area contributed by atoms with Gasteiger partial charge in [0.2, 0.25) is 11.8 Å². The van der Waals surface area contributed by atoms with Gasteiger partial charge in [-0.15, -0.1) is 0 Å². The van der Waals surface area contributed by atoms with Crippen molar-refractivity contribution in [2.45, 2.75) is 33.1 Å². The van der Waals surface area contributed by atoms with E-state index in [9.17, 15) is 9.59 Å². The summed E-state index contributed by atoms with van der Waals surface area (Å²) >= 11 is 0. The molecule has 1 saturated heterocycles. The molecule has 6 nitrogen and oxygen atoms in total. The van der Waals surface area contributed by atoms with E-state index >= 15 is 0 Å². The van der Waals surface area contributed by atoms with E-state index in [1.54, 1.807) is 0 Å². The van der Waals surface area contributed by atoms with Crippen LogP contribution in [0.1, 0.15) is 31.4 Å². The van der Waals surface area contributed by atoms with Gasteiger partial charge in [-0.1, -0.05) is 26.0 Å². The van der Waals surface area contributed by atoms with Crippen molar-refractivity contribution in [3.05, 3.63) is 29.3 Å². The van der Waals surface area contributed by atoms with Crippen molar-refractivity contribution in [3.8, 4) is 0 Å². The standard InChI is InChI=1S/C21H32N4O2/c1-3-23-9-10-24(4-2)12-14-25(13-11-23)21(27)16-17-5-7-19-18(15-17)6-8-20(26)22-19/h5,7,15H,3-4,6,8-14,16H2,1-2H3,(H,22,26). The lowest BCUT2D eigenvalue weighted by atomic mass is 9.99. The van der Waals surface area contributed by atoms with E-state index in [-0.39, 0.29) is 11.8 Å². The SMILES string of the molecule is CCN1CCN(CC)CCN(C(=O)Cc2ccc3c(c2)CCC(=O)N3)CC1. The molecular weight excluding hydrogens is 340 g/mol. The second-order valence-electron chi connectivity index (χ2n) is 7.47. The monoisotopic (exact) mass is 372 g/mol. The van der Waals surface area contributed by atoms with Crippen LogP contribution < -0.4 is 5.32 Å². The number of fused-ring (bicyclic) bond motifs is 1. The van der Waals surface area contributed by atoms with E-state index in [2.05, 4.69) is 35.0 Å². The summed E-state index contributed by atoms with van der Waals surface area (Å²) in [4.78, 5) is 31.4. The van der Waals surface area contributed by atoms with Gasteiger partial charge in [-0.05, 0) is 36.7 Å². The summed E-state index contributed by atoms with van der Waals surface area (Å²) in [5.74, 6) is 0.271. The summed E-state index contributed by atoms with van der Waals surface area (Å²) < 4.78 is 0. The topological polar surface area (TPSA) is 55.9 Å². The lowest BCUT2D eigenvalue weighted by Gasteiger charge is -2.26. The van der Waals surface area contributed by atoms with Crippen LogP contribution in [0.15, 0.2) is 18.2 Å². The Morgan fingerprint density at radius 2 is 1.59 bits per heavy atom. The Labute approximate surface area is 162 Å². The molecule has 27 heavy (non-hydrogen) atoms. The van der Waals surface area contributed by atoms with Gasteiger partial charge in [0.05, 0.1) is 6.42 Å². The maximum atomic E-state index is 13.0. The predicted molar refractivity (Wildman–Crippen MR) is 108 cm³/mol. The first-order valence-electron chi connectivity index (χ1n) is 10.2. The molecule has 0 radical (unpaired) electrons. The Kier molecular flexibility index (Phi) is 6.85. The number of anilines is 1. The van der Waals surface area contributed by atoms with Crippen molar-refractivity contribution >= 4 is 17.5 Å². The highest BCUT2D eigenvalue weighted by molar-refractivity contribution is 5.94. The van der Waals surface area contributed by atoms with Crippen LogP contribution in [-0.2, 0) is 22.4 Å². The van der Waals surface area contributed by atoms with Gasteiger partial charge in [-0.2, -0.15) is 0 Å². The molecule has 0 aromatic heterocycles. The Balaban J connectivity index is 1.65. The fraction of sp³-hybridized carbons (Fsp3) is 0.619. The van der Waals surface area contributed by atoms with Crippen LogP contribution in [0.25, 0.3) is 0 Å². The van der Waals surface area contributed by atoms with Crippen LogP contribution in [0, 0.1) is 0 Å². The molecule has 3 rings (SSSR count). The number of aryl methyl sites for hydroxylation is 1. The number of amides is 2. The third-order valence-corrected chi connectivity index (χ3v) is 5.77. The van der Waals surface area contributed by atoms with Gasteiger partial charge >= 0.3 is 0 Å². The Morgan fingerprint density at radius 1 is 0.963 bits per heavy atom. The average Bonchev–Trinajstić information content (AvgIpc) is 2.78. The second kappa shape index (κ2) is 9.33.